The summed E-state index contributed by atoms with van der Waals surface area (Å²) < 4.78 is 15.8. The lowest BCUT2D eigenvalue weighted by molar-refractivity contribution is -0.121. The van der Waals surface area contributed by atoms with Crippen molar-refractivity contribution < 1.29 is 14.0 Å². The van der Waals surface area contributed by atoms with Crippen molar-refractivity contribution in [2.24, 2.45) is 5.92 Å². The lowest BCUT2D eigenvalue weighted by Crippen LogP contribution is -2.43. The first-order valence-corrected chi connectivity index (χ1v) is 9.93. The van der Waals surface area contributed by atoms with Gasteiger partial charge in [-0.3, -0.25) is 9.59 Å². The average molecular weight is 398 g/mol. The number of aromatic nitrogens is 2. The Bertz CT molecular complexity index is 972. The van der Waals surface area contributed by atoms with Crippen molar-refractivity contribution >= 4 is 28.8 Å². The van der Waals surface area contributed by atoms with Crippen LogP contribution in [0.5, 0.6) is 0 Å². The van der Waals surface area contributed by atoms with E-state index in [-0.39, 0.29) is 17.7 Å². The van der Waals surface area contributed by atoms with Crippen LogP contribution in [-0.4, -0.2) is 39.6 Å². The van der Waals surface area contributed by atoms with Crippen LogP contribution in [0.15, 0.2) is 54.2 Å². The molecule has 1 N–H and O–H groups in total. The average Bonchev–Trinajstić information content (AvgIpc) is 3.42. The zero-order chi connectivity index (χ0) is 19.5. The Hall–Kier alpha value is -3.00. The third-order valence-corrected chi connectivity index (χ3v) is 5.64. The molecule has 144 valence electrons. The number of likely N-dealkylation sites (tertiary alicyclic amines) is 1. The zero-order valence-electron chi connectivity index (χ0n) is 15.0. The van der Waals surface area contributed by atoms with Crippen LogP contribution >= 0.6 is 11.3 Å². The molecule has 28 heavy (non-hydrogen) atoms. The molecule has 0 saturated carbocycles. The highest BCUT2D eigenvalue weighted by Crippen LogP contribution is 2.23. The molecule has 1 fully saturated rings. The van der Waals surface area contributed by atoms with E-state index in [4.69, 9.17) is 0 Å². The van der Waals surface area contributed by atoms with Gasteiger partial charge in [-0.25, -0.2) is 9.07 Å². The van der Waals surface area contributed by atoms with Gasteiger partial charge in [-0.15, -0.1) is 11.3 Å². The fourth-order valence-electron chi connectivity index (χ4n) is 3.36. The number of thiophene rings is 1. The van der Waals surface area contributed by atoms with Crippen LogP contribution in [0.4, 0.5) is 10.1 Å². The molecule has 0 bridgehead atoms. The molecule has 1 aromatic carbocycles. The highest BCUT2D eigenvalue weighted by Gasteiger charge is 2.29. The Morgan fingerprint density at radius 1 is 1.25 bits per heavy atom. The molecule has 0 aliphatic carbocycles. The fourth-order valence-corrected chi connectivity index (χ4v) is 4.05. The van der Waals surface area contributed by atoms with E-state index in [1.54, 1.807) is 41.6 Å². The monoisotopic (exact) mass is 398 g/mol. The summed E-state index contributed by atoms with van der Waals surface area (Å²) >= 11 is 1.40. The Labute approximate surface area is 165 Å². The topological polar surface area (TPSA) is 67.2 Å². The van der Waals surface area contributed by atoms with Gasteiger partial charge in [-0.1, -0.05) is 6.07 Å². The SMILES string of the molecule is O=C(Nc1ccc(-n2cccn2)c(F)c1)[C@H]1CCCN(C(=O)c2cccs2)C1. The minimum Gasteiger partial charge on any atom is -0.337 e. The molecular formula is C20H19FN4O2S. The van der Waals surface area contributed by atoms with Crippen molar-refractivity contribution in [3.05, 3.63) is 64.9 Å². The quantitative estimate of drug-likeness (QED) is 0.731. The van der Waals surface area contributed by atoms with Crippen LogP contribution in [-0.2, 0) is 4.79 Å². The molecule has 3 heterocycles. The van der Waals surface area contributed by atoms with E-state index >= 15 is 0 Å². The first kappa shape index (κ1) is 18.4. The van der Waals surface area contributed by atoms with Crippen LogP contribution < -0.4 is 5.32 Å². The van der Waals surface area contributed by atoms with Gasteiger partial charge in [0, 0.05) is 31.2 Å². The number of carbonyl (C=O) groups excluding carboxylic acids is 2. The highest BCUT2D eigenvalue weighted by molar-refractivity contribution is 7.12. The molecule has 4 rings (SSSR count). The molecule has 2 aromatic heterocycles. The first-order valence-electron chi connectivity index (χ1n) is 9.05. The maximum Gasteiger partial charge on any atom is 0.263 e. The number of piperidine rings is 1. The second-order valence-electron chi connectivity index (χ2n) is 6.67. The molecule has 1 aliphatic heterocycles. The van der Waals surface area contributed by atoms with Crippen LogP contribution in [0.25, 0.3) is 5.69 Å². The van der Waals surface area contributed by atoms with E-state index in [1.807, 2.05) is 11.4 Å². The van der Waals surface area contributed by atoms with Crippen molar-refractivity contribution in [3.8, 4) is 5.69 Å². The van der Waals surface area contributed by atoms with Gasteiger partial charge in [-0.05, 0) is 48.6 Å². The zero-order valence-corrected chi connectivity index (χ0v) is 15.9. The van der Waals surface area contributed by atoms with E-state index in [0.29, 0.717) is 35.8 Å². The summed E-state index contributed by atoms with van der Waals surface area (Å²) in [7, 11) is 0. The van der Waals surface area contributed by atoms with Gasteiger partial charge in [0.25, 0.3) is 5.91 Å². The lowest BCUT2D eigenvalue weighted by Gasteiger charge is -2.31. The maximum absolute atomic E-state index is 14.4. The Morgan fingerprint density at radius 3 is 2.86 bits per heavy atom. The highest BCUT2D eigenvalue weighted by atomic mass is 32.1. The van der Waals surface area contributed by atoms with E-state index in [9.17, 15) is 14.0 Å². The molecule has 6 nitrogen and oxygen atoms in total. The summed E-state index contributed by atoms with van der Waals surface area (Å²) in [5.41, 5.74) is 0.702. The van der Waals surface area contributed by atoms with E-state index in [1.165, 1.54) is 22.1 Å². The summed E-state index contributed by atoms with van der Waals surface area (Å²) in [6.45, 7) is 1.02. The Morgan fingerprint density at radius 2 is 2.14 bits per heavy atom. The maximum atomic E-state index is 14.4. The Kier molecular flexibility index (Phi) is 5.21. The molecular weight excluding hydrogens is 379 g/mol. The number of amides is 2. The second-order valence-corrected chi connectivity index (χ2v) is 7.62. The first-order chi connectivity index (χ1) is 13.6. The van der Waals surface area contributed by atoms with Crippen LogP contribution in [0.1, 0.15) is 22.5 Å². The van der Waals surface area contributed by atoms with E-state index < -0.39 is 5.82 Å². The molecule has 0 radical (unpaired) electrons. The van der Waals surface area contributed by atoms with Gasteiger partial charge in [0.15, 0.2) is 5.82 Å². The summed E-state index contributed by atoms with van der Waals surface area (Å²) in [6, 6.07) is 9.85. The van der Waals surface area contributed by atoms with E-state index in [0.717, 1.165) is 6.42 Å². The third kappa shape index (κ3) is 3.82. The van der Waals surface area contributed by atoms with Gasteiger partial charge in [0.2, 0.25) is 5.91 Å². The van der Waals surface area contributed by atoms with Crippen molar-refractivity contribution in [3.63, 3.8) is 0 Å². The second kappa shape index (κ2) is 7.93. The molecule has 0 unspecified atom stereocenters. The summed E-state index contributed by atoms with van der Waals surface area (Å²) in [5, 5.41) is 8.65. The third-order valence-electron chi connectivity index (χ3n) is 4.78. The molecule has 0 spiro atoms. The minimum atomic E-state index is -0.473. The van der Waals surface area contributed by atoms with Gasteiger partial charge in [-0.2, -0.15) is 5.10 Å². The van der Waals surface area contributed by atoms with Gasteiger partial charge < -0.3 is 10.2 Å². The number of nitrogens with zero attached hydrogens (tertiary/aromatic N) is 3. The number of hydrogen-bond acceptors (Lipinski definition) is 4. The normalized spacial score (nSPS) is 16.8. The van der Waals surface area contributed by atoms with Crippen molar-refractivity contribution in [1.29, 1.82) is 0 Å². The number of halogens is 1. The molecule has 8 heteroatoms. The molecule has 2 amide bonds. The van der Waals surface area contributed by atoms with Crippen LogP contribution in [0, 0.1) is 11.7 Å². The number of rotatable bonds is 4. The molecule has 1 atom stereocenters. The van der Waals surface area contributed by atoms with Crippen molar-refractivity contribution in [2.75, 3.05) is 18.4 Å². The van der Waals surface area contributed by atoms with Crippen LogP contribution in [0.3, 0.4) is 0 Å². The fraction of sp³-hybridized carbons (Fsp3) is 0.250. The largest absolute Gasteiger partial charge is 0.337 e. The molecule has 1 saturated heterocycles. The molecule has 3 aromatic rings. The Balaban J connectivity index is 1.42. The van der Waals surface area contributed by atoms with Crippen molar-refractivity contribution in [2.45, 2.75) is 12.8 Å². The van der Waals surface area contributed by atoms with E-state index in [2.05, 4.69) is 10.4 Å². The predicted octanol–water partition coefficient (Wildman–Crippen LogP) is 3.56. The van der Waals surface area contributed by atoms with Gasteiger partial charge >= 0.3 is 0 Å². The van der Waals surface area contributed by atoms with Gasteiger partial charge in [0.05, 0.1) is 10.8 Å². The summed E-state index contributed by atoms with van der Waals surface area (Å²) in [6.07, 6.45) is 4.69. The smallest absolute Gasteiger partial charge is 0.263 e. The number of carbonyl (C=O) groups is 2. The van der Waals surface area contributed by atoms with Crippen LogP contribution in [0.2, 0.25) is 0 Å². The summed E-state index contributed by atoms with van der Waals surface area (Å²) in [4.78, 5) is 27.6. The number of nitrogens with one attached hydrogen (secondary N) is 1. The summed E-state index contributed by atoms with van der Waals surface area (Å²) in [5.74, 6) is -1.02. The number of hydrogen-bond donors (Lipinski definition) is 1. The standard InChI is InChI=1S/C20H19FN4O2S/c21-16-12-15(6-7-17(16)25-10-3-8-22-25)23-19(26)14-4-1-9-24(13-14)20(27)18-5-2-11-28-18/h2-3,5-8,10-12,14H,1,4,9,13H2,(H,23,26)/t14-/m0/s1. The van der Waals surface area contributed by atoms with Crippen molar-refractivity contribution in [1.82, 2.24) is 14.7 Å². The minimum absolute atomic E-state index is 0.0397. The predicted molar refractivity (Wildman–Crippen MR) is 105 cm³/mol. The van der Waals surface area contributed by atoms with Gasteiger partial charge in [0.1, 0.15) is 5.69 Å². The number of benzene rings is 1. The molecule has 1 aliphatic rings. The lowest BCUT2D eigenvalue weighted by atomic mass is 9.97. The number of anilines is 1.